The van der Waals surface area contributed by atoms with Crippen LogP contribution in [0.5, 0.6) is 0 Å². The van der Waals surface area contributed by atoms with Gasteiger partial charge < -0.3 is 5.73 Å². The third-order valence-electron chi connectivity index (χ3n) is 3.50. The SMILES string of the molecule is CCC1C(N)CC1c1cc(F)c(F)c(F)c1. The predicted octanol–water partition coefficient (Wildman–Crippen LogP) is 2.94. The molecule has 16 heavy (non-hydrogen) atoms. The van der Waals surface area contributed by atoms with E-state index >= 15 is 0 Å². The van der Waals surface area contributed by atoms with Crippen LogP contribution in [0.2, 0.25) is 0 Å². The van der Waals surface area contributed by atoms with Crippen LogP contribution >= 0.6 is 0 Å². The molecule has 88 valence electrons. The predicted molar refractivity (Wildman–Crippen MR) is 55.4 cm³/mol. The van der Waals surface area contributed by atoms with Gasteiger partial charge in [0, 0.05) is 6.04 Å². The number of nitrogens with two attached hydrogens (primary N) is 1. The highest BCUT2D eigenvalue weighted by atomic mass is 19.2. The molecular weight excluding hydrogens is 215 g/mol. The highest BCUT2D eigenvalue weighted by molar-refractivity contribution is 5.27. The van der Waals surface area contributed by atoms with Crippen LogP contribution in [0.25, 0.3) is 0 Å². The fraction of sp³-hybridized carbons (Fsp3) is 0.500. The van der Waals surface area contributed by atoms with Crippen molar-refractivity contribution in [1.82, 2.24) is 0 Å². The molecule has 0 radical (unpaired) electrons. The van der Waals surface area contributed by atoms with E-state index in [-0.39, 0.29) is 17.9 Å². The molecular formula is C12H14F3N. The fourth-order valence-electron chi connectivity index (χ4n) is 2.51. The first-order valence-electron chi connectivity index (χ1n) is 5.44. The first-order valence-corrected chi connectivity index (χ1v) is 5.44. The Bertz CT molecular complexity index is 382. The molecule has 0 amide bonds. The summed E-state index contributed by atoms with van der Waals surface area (Å²) in [7, 11) is 0. The second kappa shape index (κ2) is 4.09. The first kappa shape index (κ1) is 11.5. The van der Waals surface area contributed by atoms with Crippen molar-refractivity contribution in [2.75, 3.05) is 0 Å². The summed E-state index contributed by atoms with van der Waals surface area (Å²) >= 11 is 0. The van der Waals surface area contributed by atoms with Gasteiger partial charge in [-0.05, 0) is 36.0 Å². The molecule has 3 unspecified atom stereocenters. The number of hydrogen-bond acceptors (Lipinski definition) is 1. The number of halogens is 3. The zero-order valence-electron chi connectivity index (χ0n) is 9.01. The average molecular weight is 229 g/mol. The van der Waals surface area contributed by atoms with E-state index in [1.807, 2.05) is 6.92 Å². The minimum atomic E-state index is -1.40. The number of rotatable bonds is 2. The average Bonchev–Trinajstić information content (AvgIpc) is 2.22. The Morgan fingerprint density at radius 3 is 2.25 bits per heavy atom. The monoisotopic (exact) mass is 229 g/mol. The highest BCUT2D eigenvalue weighted by Gasteiger charge is 2.38. The number of benzene rings is 1. The van der Waals surface area contributed by atoms with Crippen molar-refractivity contribution in [2.24, 2.45) is 11.7 Å². The van der Waals surface area contributed by atoms with Crippen molar-refractivity contribution in [2.45, 2.75) is 31.7 Å². The molecule has 0 heterocycles. The van der Waals surface area contributed by atoms with Crippen molar-refractivity contribution >= 4 is 0 Å². The Morgan fingerprint density at radius 1 is 1.25 bits per heavy atom. The summed E-state index contributed by atoms with van der Waals surface area (Å²) in [5.41, 5.74) is 6.32. The maximum Gasteiger partial charge on any atom is 0.194 e. The lowest BCUT2D eigenvalue weighted by Gasteiger charge is -2.42. The van der Waals surface area contributed by atoms with Gasteiger partial charge in [-0.3, -0.25) is 0 Å². The molecule has 0 saturated heterocycles. The van der Waals surface area contributed by atoms with Crippen molar-refractivity contribution < 1.29 is 13.2 Å². The first-order chi connectivity index (χ1) is 7.54. The molecule has 1 aromatic carbocycles. The molecule has 1 fully saturated rings. The van der Waals surface area contributed by atoms with Crippen molar-refractivity contribution in [3.05, 3.63) is 35.1 Å². The fourth-order valence-corrected chi connectivity index (χ4v) is 2.51. The maximum absolute atomic E-state index is 13.0. The van der Waals surface area contributed by atoms with Gasteiger partial charge in [-0.2, -0.15) is 0 Å². The molecule has 1 aliphatic carbocycles. The van der Waals surface area contributed by atoms with E-state index in [2.05, 4.69) is 0 Å². The van der Waals surface area contributed by atoms with Gasteiger partial charge in [0.2, 0.25) is 0 Å². The summed E-state index contributed by atoms with van der Waals surface area (Å²) in [5, 5.41) is 0. The van der Waals surface area contributed by atoms with E-state index in [0.717, 1.165) is 18.6 Å². The van der Waals surface area contributed by atoms with Gasteiger partial charge in [-0.1, -0.05) is 13.3 Å². The van der Waals surface area contributed by atoms with Crippen LogP contribution in [-0.4, -0.2) is 6.04 Å². The molecule has 1 nitrogen and oxygen atoms in total. The van der Waals surface area contributed by atoms with Crippen LogP contribution in [0.3, 0.4) is 0 Å². The standard InChI is InChI=1S/C12H14F3N/c1-2-7-8(5-11(7)16)6-3-9(13)12(15)10(14)4-6/h3-4,7-8,11H,2,5,16H2,1H3. The minimum absolute atomic E-state index is 0.0598. The van der Waals surface area contributed by atoms with Crippen LogP contribution in [0, 0.1) is 23.4 Å². The van der Waals surface area contributed by atoms with Gasteiger partial charge in [0.15, 0.2) is 17.5 Å². The van der Waals surface area contributed by atoms with E-state index in [1.165, 1.54) is 0 Å². The zero-order valence-corrected chi connectivity index (χ0v) is 9.01. The zero-order chi connectivity index (χ0) is 11.9. The van der Waals surface area contributed by atoms with Crippen LogP contribution < -0.4 is 5.73 Å². The lowest BCUT2D eigenvalue weighted by molar-refractivity contribution is 0.197. The second-order valence-electron chi connectivity index (χ2n) is 4.38. The largest absolute Gasteiger partial charge is 0.327 e. The van der Waals surface area contributed by atoms with Gasteiger partial charge in [-0.25, -0.2) is 13.2 Å². The van der Waals surface area contributed by atoms with Crippen LogP contribution in [0.1, 0.15) is 31.2 Å². The van der Waals surface area contributed by atoms with Gasteiger partial charge in [0.05, 0.1) is 0 Å². The molecule has 0 spiro atoms. The molecule has 1 aliphatic rings. The molecule has 0 aliphatic heterocycles. The van der Waals surface area contributed by atoms with Crippen LogP contribution in [-0.2, 0) is 0 Å². The van der Waals surface area contributed by atoms with E-state index in [1.54, 1.807) is 0 Å². The molecule has 2 rings (SSSR count). The quantitative estimate of drug-likeness (QED) is 0.775. The topological polar surface area (TPSA) is 26.0 Å². The Balaban J connectivity index is 2.29. The molecule has 2 N–H and O–H groups in total. The van der Waals surface area contributed by atoms with Gasteiger partial charge in [-0.15, -0.1) is 0 Å². The summed E-state index contributed by atoms with van der Waals surface area (Å²) in [6, 6.07) is 2.25. The Morgan fingerprint density at radius 2 is 1.81 bits per heavy atom. The van der Waals surface area contributed by atoms with Gasteiger partial charge in [0.1, 0.15) is 0 Å². The normalized spacial score (nSPS) is 28.9. The summed E-state index contributed by atoms with van der Waals surface area (Å²) in [4.78, 5) is 0. The summed E-state index contributed by atoms with van der Waals surface area (Å²) in [6.07, 6.45) is 1.58. The van der Waals surface area contributed by atoms with E-state index in [4.69, 9.17) is 5.73 Å². The van der Waals surface area contributed by atoms with Crippen molar-refractivity contribution in [1.29, 1.82) is 0 Å². The summed E-state index contributed by atoms with van der Waals surface area (Å²) in [6.45, 7) is 1.99. The van der Waals surface area contributed by atoms with E-state index < -0.39 is 17.5 Å². The molecule has 1 aromatic rings. The maximum atomic E-state index is 13.0. The lowest BCUT2D eigenvalue weighted by atomic mass is 9.65. The molecule has 3 atom stereocenters. The van der Waals surface area contributed by atoms with Crippen molar-refractivity contribution in [3.8, 4) is 0 Å². The van der Waals surface area contributed by atoms with Crippen LogP contribution in [0.4, 0.5) is 13.2 Å². The van der Waals surface area contributed by atoms with E-state index in [9.17, 15) is 13.2 Å². The van der Waals surface area contributed by atoms with Crippen LogP contribution in [0.15, 0.2) is 12.1 Å². The van der Waals surface area contributed by atoms with E-state index in [0.29, 0.717) is 12.0 Å². The summed E-state index contributed by atoms with van der Waals surface area (Å²) < 4.78 is 38.9. The molecule has 0 aromatic heterocycles. The third-order valence-corrected chi connectivity index (χ3v) is 3.50. The Labute approximate surface area is 92.5 Å². The highest BCUT2D eigenvalue weighted by Crippen LogP contribution is 2.43. The Kier molecular flexibility index (Phi) is 2.93. The second-order valence-corrected chi connectivity index (χ2v) is 4.38. The molecule has 0 bridgehead atoms. The number of hydrogen-bond donors (Lipinski definition) is 1. The van der Waals surface area contributed by atoms with Gasteiger partial charge >= 0.3 is 0 Å². The summed E-state index contributed by atoms with van der Waals surface area (Å²) in [5.74, 6) is -3.34. The third kappa shape index (κ3) is 1.71. The lowest BCUT2D eigenvalue weighted by Crippen LogP contribution is -2.45. The Hall–Kier alpha value is -1.03. The van der Waals surface area contributed by atoms with Gasteiger partial charge in [0.25, 0.3) is 0 Å². The smallest absolute Gasteiger partial charge is 0.194 e. The molecule has 4 heteroatoms. The van der Waals surface area contributed by atoms with Crippen molar-refractivity contribution in [3.63, 3.8) is 0 Å². The minimum Gasteiger partial charge on any atom is -0.327 e. The molecule has 1 saturated carbocycles.